The molecule has 0 spiro atoms. The van der Waals surface area contributed by atoms with E-state index in [2.05, 4.69) is 35.0 Å². The Kier molecular flexibility index (Phi) is 10.9. The SMILES string of the molecule is CC.CN(C)CCC(CSc1ccccc1)Nc1ccc(S)cc1[N+](=O)[O-]. The molecule has 0 aliphatic rings. The van der Waals surface area contributed by atoms with E-state index < -0.39 is 0 Å². The number of nitrogens with one attached hydrogen (secondary N) is 1. The molecule has 2 aromatic rings. The fraction of sp³-hybridized carbons (Fsp3) is 0.400. The van der Waals surface area contributed by atoms with Gasteiger partial charge >= 0.3 is 0 Å². The molecule has 148 valence electrons. The minimum absolute atomic E-state index is 0.0621. The molecule has 2 aromatic carbocycles. The van der Waals surface area contributed by atoms with Gasteiger partial charge in [0.05, 0.1) is 4.92 Å². The average molecular weight is 408 g/mol. The highest BCUT2D eigenvalue weighted by atomic mass is 32.2. The summed E-state index contributed by atoms with van der Waals surface area (Å²) in [5, 5.41) is 14.7. The lowest BCUT2D eigenvalue weighted by molar-refractivity contribution is -0.384. The van der Waals surface area contributed by atoms with Crippen LogP contribution in [0.5, 0.6) is 0 Å². The fourth-order valence-electron chi connectivity index (χ4n) is 2.34. The molecule has 0 aromatic heterocycles. The van der Waals surface area contributed by atoms with Gasteiger partial charge in [0.1, 0.15) is 5.69 Å². The third kappa shape index (κ3) is 8.69. The number of nitrogens with zero attached hydrogens (tertiary/aromatic N) is 2. The Morgan fingerprint density at radius 3 is 2.44 bits per heavy atom. The van der Waals surface area contributed by atoms with Crippen LogP contribution < -0.4 is 5.32 Å². The quantitative estimate of drug-likeness (QED) is 0.251. The van der Waals surface area contributed by atoms with E-state index in [1.165, 1.54) is 11.0 Å². The molecule has 5 nitrogen and oxygen atoms in total. The molecule has 27 heavy (non-hydrogen) atoms. The van der Waals surface area contributed by atoms with Crippen molar-refractivity contribution in [3.63, 3.8) is 0 Å². The van der Waals surface area contributed by atoms with Crippen LogP contribution in [0.1, 0.15) is 20.3 Å². The predicted molar refractivity (Wildman–Crippen MR) is 119 cm³/mol. The number of nitro groups is 1. The van der Waals surface area contributed by atoms with Crippen molar-refractivity contribution in [2.75, 3.05) is 31.7 Å². The highest BCUT2D eigenvalue weighted by Crippen LogP contribution is 2.29. The van der Waals surface area contributed by atoms with E-state index in [9.17, 15) is 10.1 Å². The summed E-state index contributed by atoms with van der Waals surface area (Å²) >= 11 is 5.95. The van der Waals surface area contributed by atoms with Gasteiger partial charge in [-0.3, -0.25) is 10.1 Å². The molecule has 0 amide bonds. The molecule has 0 heterocycles. The molecule has 0 saturated carbocycles. The Morgan fingerprint density at radius 1 is 1.19 bits per heavy atom. The summed E-state index contributed by atoms with van der Waals surface area (Å²) in [5.74, 6) is 0.831. The first-order valence-electron chi connectivity index (χ1n) is 9.02. The van der Waals surface area contributed by atoms with Gasteiger partial charge in [0.25, 0.3) is 5.69 Å². The fourth-order valence-corrected chi connectivity index (χ4v) is 3.53. The smallest absolute Gasteiger partial charge is 0.293 e. The van der Waals surface area contributed by atoms with Crippen molar-refractivity contribution in [2.24, 2.45) is 0 Å². The molecule has 0 fully saturated rings. The van der Waals surface area contributed by atoms with Crippen LogP contribution in [-0.2, 0) is 0 Å². The van der Waals surface area contributed by atoms with Crippen LogP contribution in [0.4, 0.5) is 11.4 Å². The molecule has 0 aliphatic heterocycles. The van der Waals surface area contributed by atoms with Gasteiger partial charge in [-0.15, -0.1) is 24.4 Å². The third-order valence-electron chi connectivity index (χ3n) is 3.66. The van der Waals surface area contributed by atoms with E-state index in [0.29, 0.717) is 10.6 Å². The molecule has 0 aliphatic carbocycles. The number of hydrogen-bond donors (Lipinski definition) is 2. The summed E-state index contributed by atoms with van der Waals surface area (Å²) < 4.78 is 0. The molecule has 1 N–H and O–H groups in total. The monoisotopic (exact) mass is 407 g/mol. The molecule has 0 saturated heterocycles. The maximum atomic E-state index is 11.3. The first-order chi connectivity index (χ1) is 13.0. The minimum Gasteiger partial charge on any atom is -0.376 e. The van der Waals surface area contributed by atoms with Crippen molar-refractivity contribution in [3.05, 3.63) is 58.6 Å². The van der Waals surface area contributed by atoms with E-state index in [1.54, 1.807) is 23.9 Å². The lowest BCUT2D eigenvalue weighted by Gasteiger charge is -2.21. The van der Waals surface area contributed by atoms with Crippen LogP contribution in [0, 0.1) is 10.1 Å². The summed E-state index contributed by atoms with van der Waals surface area (Å²) in [6.07, 6.45) is 0.895. The number of anilines is 1. The van der Waals surface area contributed by atoms with E-state index in [-0.39, 0.29) is 16.7 Å². The van der Waals surface area contributed by atoms with Gasteiger partial charge in [0.15, 0.2) is 0 Å². The Bertz CT molecular complexity index is 697. The van der Waals surface area contributed by atoms with E-state index in [1.807, 2.05) is 46.1 Å². The van der Waals surface area contributed by atoms with Gasteiger partial charge in [-0.05, 0) is 51.3 Å². The Hall–Kier alpha value is -1.70. The highest BCUT2D eigenvalue weighted by Gasteiger charge is 2.18. The van der Waals surface area contributed by atoms with Crippen molar-refractivity contribution in [1.82, 2.24) is 4.90 Å². The third-order valence-corrected chi connectivity index (χ3v) is 5.11. The maximum Gasteiger partial charge on any atom is 0.293 e. The molecular weight excluding hydrogens is 378 g/mol. The number of rotatable bonds is 9. The van der Waals surface area contributed by atoms with E-state index >= 15 is 0 Å². The van der Waals surface area contributed by atoms with Gasteiger partial charge in [0.2, 0.25) is 0 Å². The van der Waals surface area contributed by atoms with Crippen molar-refractivity contribution >= 4 is 35.8 Å². The Morgan fingerprint density at radius 2 is 1.85 bits per heavy atom. The summed E-state index contributed by atoms with van der Waals surface area (Å²) in [6.45, 7) is 4.91. The second-order valence-electron chi connectivity index (χ2n) is 6.02. The van der Waals surface area contributed by atoms with Gasteiger partial charge in [-0.25, -0.2) is 0 Å². The number of benzene rings is 2. The summed E-state index contributed by atoms with van der Waals surface area (Å²) in [4.78, 5) is 14.8. The van der Waals surface area contributed by atoms with Gasteiger partial charge in [0, 0.05) is 27.7 Å². The van der Waals surface area contributed by atoms with Crippen LogP contribution in [-0.4, -0.2) is 42.3 Å². The lowest BCUT2D eigenvalue weighted by Crippen LogP contribution is -2.28. The summed E-state index contributed by atoms with van der Waals surface area (Å²) in [6, 6.07) is 15.3. The first kappa shape index (κ1) is 23.3. The van der Waals surface area contributed by atoms with Crippen molar-refractivity contribution in [3.8, 4) is 0 Å². The van der Waals surface area contributed by atoms with Gasteiger partial charge < -0.3 is 10.2 Å². The topological polar surface area (TPSA) is 58.4 Å². The van der Waals surface area contributed by atoms with Crippen LogP contribution in [0.15, 0.2) is 58.3 Å². The van der Waals surface area contributed by atoms with E-state index in [4.69, 9.17) is 0 Å². The number of thiol groups is 1. The van der Waals surface area contributed by atoms with Gasteiger partial charge in [-0.1, -0.05) is 32.0 Å². The molecular formula is C20H29N3O2S2. The molecule has 1 atom stereocenters. The molecule has 0 radical (unpaired) electrons. The summed E-state index contributed by atoms with van der Waals surface area (Å²) in [5.41, 5.74) is 0.604. The normalized spacial score (nSPS) is 11.5. The molecule has 7 heteroatoms. The lowest BCUT2D eigenvalue weighted by atomic mass is 10.2. The average Bonchev–Trinajstić information content (AvgIpc) is 2.67. The van der Waals surface area contributed by atoms with Crippen LogP contribution in [0.2, 0.25) is 0 Å². The number of hydrogen-bond acceptors (Lipinski definition) is 6. The minimum atomic E-state index is -0.366. The van der Waals surface area contributed by atoms with Crippen molar-refractivity contribution in [2.45, 2.75) is 36.1 Å². The molecule has 0 bridgehead atoms. The van der Waals surface area contributed by atoms with Crippen molar-refractivity contribution in [1.29, 1.82) is 0 Å². The van der Waals surface area contributed by atoms with Crippen LogP contribution >= 0.6 is 24.4 Å². The number of nitro benzene ring substituents is 1. The second kappa shape index (κ2) is 12.6. The molecule has 1 unspecified atom stereocenters. The van der Waals surface area contributed by atoms with Crippen molar-refractivity contribution < 1.29 is 4.92 Å². The maximum absolute atomic E-state index is 11.3. The van der Waals surface area contributed by atoms with Crippen LogP contribution in [0.3, 0.4) is 0 Å². The Labute approximate surface area is 172 Å². The Balaban J connectivity index is 0.00000176. The zero-order valence-electron chi connectivity index (χ0n) is 16.4. The first-order valence-corrected chi connectivity index (χ1v) is 10.5. The van der Waals surface area contributed by atoms with Crippen LogP contribution in [0.25, 0.3) is 0 Å². The summed E-state index contributed by atoms with van der Waals surface area (Å²) in [7, 11) is 4.05. The predicted octanol–water partition coefficient (Wildman–Crippen LogP) is 5.43. The second-order valence-corrected chi connectivity index (χ2v) is 7.63. The zero-order valence-corrected chi connectivity index (χ0v) is 18.1. The molecule has 2 rings (SSSR count). The van der Waals surface area contributed by atoms with E-state index in [0.717, 1.165) is 18.7 Å². The van der Waals surface area contributed by atoms with Gasteiger partial charge in [-0.2, -0.15) is 0 Å². The zero-order chi connectivity index (χ0) is 20.2. The standard InChI is InChI=1S/C18H23N3O2S2.C2H6/c1-20(2)11-10-14(13-25-16-6-4-3-5-7-16)19-17-9-8-15(24)12-18(17)21(22)23;1-2/h3-9,12,14,19,24H,10-11,13H2,1-2H3;1-2H3. The largest absolute Gasteiger partial charge is 0.376 e. The number of thioether (sulfide) groups is 1. The highest BCUT2D eigenvalue weighted by molar-refractivity contribution is 7.99.